The van der Waals surface area contributed by atoms with Crippen LogP contribution in [0.15, 0.2) is 71.3 Å². The van der Waals surface area contributed by atoms with Gasteiger partial charge in [-0.15, -0.1) is 0 Å². The van der Waals surface area contributed by atoms with E-state index in [0.29, 0.717) is 51.0 Å². The number of halogens is 2. The van der Waals surface area contributed by atoms with Gasteiger partial charge in [0.2, 0.25) is 11.8 Å². The van der Waals surface area contributed by atoms with Crippen molar-refractivity contribution < 1.29 is 23.8 Å². The molecule has 1 fully saturated rings. The Hall–Kier alpha value is -4.01. The fourth-order valence-electron chi connectivity index (χ4n) is 5.59. The van der Waals surface area contributed by atoms with Gasteiger partial charge in [-0.05, 0) is 85.2 Å². The summed E-state index contributed by atoms with van der Waals surface area (Å²) in [6.07, 6.45) is 6.91. The van der Waals surface area contributed by atoms with Crippen molar-refractivity contribution in [2.24, 2.45) is 11.8 Å². The molecule has 0 radical (unpaired) electrons. The summed E-state index contributed by atoms with van der Waals surface area (Å²) in [6, 6.07) is 16.6. The number of nitrogen functional groups attached to an aromatic ring is 1. The van der Waals surface area contributed by atoms with Crippen molar-refractivity contribution in [3.8, 4) is 17.0 Å². The fourth-order valence-corrected chi connectivity index (χ4v) is 6.09. The standard InChI is InChI=1S/C34H35Cl2N3O5/c1-2-20-3-8-23(9-4-20)32(40)38-29(33-39-30(19-44-33)26-13-12-25(35)17-27(26)36)16-22-7-14-31(28(37)15-22)43-18-21-5-10-24(11-6-21)34(41)42/h5-7,10-15,17,19-20,23,29H,2-4,8-9,16,18,37H2,1H3,(H,38,40)(H,41,42)/t20-,23-,29-/m0/s1. The molecule has 8 nitrogen and oxygen atoms in total. The lowest BCUT2D eigenvalue weighted by molar-refractivity contribution is -0.127. The van der Waals surface area contributed by atoms with Gasteiger partial charge in [-0.3, -0.25) is 4.79 Å². The van der Waals surface area contributed by atoms with E-state index in [1.165, 1.54) is 18.4 Å². The molecule has 44 heavy (non-hydrogen) atoms. The van der Waals surface area contributed by atoms with Crippen molar-refractivity contribution >= 4 is 40.8 Å². The summed E-state index contributed by atoms with van der Waals surface area (Å²) >= 11 is 12.5. The molecule has 5 rings (SSSR count). The number of aromatic nitrogens is 1. The van der Waals surface area contributed by atoms with Crippen molar-refractivity contribution in [3.05, 3.63) is 99.6 Å². The predicted molar refractivity (Wildman–Crippen MR) is 171 cm³/mol. The van der Waals surface area contributed by atoms with E-state index < -0.39 is 12.0 Å². The number of hydrogen-bond acceptors (Lipinski definition) is 6. The normalized spacial score (nSPS) is 17.2. The van der Waals surface area contributed by atoms with Crippen molar-refractivity contribution in [2.45, 2.75) is 58.1 Å². The van der Waals surface area contributed by atoms with E-state index in [1.807, 2.05) is 12.1 Å². The van der Waals surface area contributed by atoms with Crippen LogP contribution in [0.4, 0.5) is 5.69 Å². The molecule has 0 spiro atoms. The van der Waals surface area contributed by atoms with Gasteiger partial charge in [0.25, 0.3) is 0 Å². The van der Waals surface area contributed by atoms with Crippen LogP contribution in [0.5, 0.6) is 5.75 Å². The highest BCUT2D eigenvalue weighted by atomic mass is 35.5. The molecule has 1 heterocycles. The van der Waals surface area contributed by atoms with Gasteiger partial charge < -0.3 is 25.3 Å². The van der Waals surface area contributed by atoms with Crippen LogP contribution in [0.1, 0.15) is 72.4 Å². The number of nitrogens with zero attached hydrogens (tertiary/aromatic N) is 1. The van der Waals surface area contributed by atoms with Gasteiger partial charge in [-0.25, -0.2) is 9.78 Å². The number of oxazole rings is 1. The minimum absolute atomic E-state index is 0.00401. The van der Waals surface area contributed by atoms with Gasteiger partial charge in [-0.1, -0.05) is 54.7 Å². The van der Waals surface area contributed by atoms with Gasteiger partial charge >= 0.3 is 5.97 Å². The molecule has 4 aromatic rings. The topological polar surface area (TPSA) is 128 Å². The number of rotatable bonds is 11. The van der Waals surface area contributed by atoms with Crippen LogP contribution in [-0.4, -0.2) is 22.0 Å². The highest BCUT2D eigenvalue weighted by Crippen LogP contribution is 2.34. The highest BCUT2D eigenvalue weighted by Gasteiger charge is 2.29. The zero-order valence-electron chi connectivity index (χ0n) is 24.4. The van der Waals surface area contributed by atoms with Crippen molar-refractivity contribution in [1.29, 1.82) is 0 Å². The fraction of sp³-hybridized carbons (Fsp3) is 0.324. The van der Waals surface area contributed by atoms with Crippen LogP contribution in [-0.2, 0) is 17.8 Å². The average molecular weight is 637 g/mol. The summed E-state index contributed by atoms with van der Waals surface area (Å²) in [5, 5.41) is 13.3. The molecule has 0 saturated heterocycles. The number of carboxylic acids is 1. The maximum Gasteiger partial charge on any atom is 0.335 e. The average Bonchev–Trinajstić information content (AvgIpc) is 3.50. The maximum absolute atomic E-state index is 13.4. The number of anilines is 1. The smallest absolute Gasteiger partial charge is 0.335 e. The maximum atomic E-state index is 13.4. The Balaban J connectivity index is 1.32. The van der Waals surface area contributed by atoms with E-state index in [-0.39, 0.29) is 24.0 Å². The summed E-state index contributed by atoms with van der Waals surface area (Å²) in [6.45, 7) is 2.43. The van der Waals surface area contributed by atoms with Crippen LogP contribution >= 0.6 is 23.2 Å². The van der Waals surface area contributed by atoms with E-state index in [9.17, 15) is 9.59 Å². The lowest BCUT2D eigenvalue weighted by Gasteiger charge is -2.28. The Morgan fingerprint density at radius 2 is 1.77 bits per heavy atom. The summed E-state index contributed by atoms with van der Waals surface area (Å²) in [5.74, 6) is 0.512. The molecule has 1 aliphatic carbocycles. The van der Waals surface area contributed by atoms with Gasteiger partial charge in [0.1, 0.15) is 30.4 Å². The molecule has 3 aromatic carbocycles. The van der Waals surface area contributed by atoms with Gasteiger partial charge in [0.05, 0.1) is 16.3 Å². The Bertz CT molecular complexity index is 1610. The van der Waals surface area contributed by atoms with E-state index in [1.54, 1.807) is 36.4 Å². The number of nitrogens with two attached hydrogens (primary N) is 1. The van der Waals surface area contributed by atoms with Crippen LogP contribution in [0, 0.1) is 11.8 Å². The number of ether oxygens (including phenoxy) is 1. The third kappa shape index (κ3) is 7.73. The number of carboxylic acid groups (broad SMARTS) is 1. The van der Waals surface area contributed by atoms with Gasteiger partial charge in [0.15, 0.2) is 0 Å². The van der Waals surface area contributed by atoms with E-state index >= 15 is 0 Å². The lowest BCUT2D eigenvalue weighted by atomic mass is 9.80. The van der Waals surface area contributed by atoms with Crippen LogP contribution in [0.3, 0.4) is 0 Å². The Kier molecular flexibility index (Phi) is 10.1. The minimum Gasteiger partial charge on any atom is -0.487 e. The number of carbonyl (C=O) groups is 2. The summed E-state index contributed by atoms with van der Waals surface area (Å²) < 4.78 is 11.8. The molecule has 1 saturated carbocycles. The first-order valence-electron chi connectivity index (χ1n) is 14.7. The van der Waals surface area contributed by atoms with Crippen molar-refractivity contribution in [1.82, 2.24) is 10.3 Å². The zero-order valence-corrected chi connectivity index (χ0v) is 25.9. The molecule has 0 aliphatic heterocycles. The first kappa shape index (κ1) is 31.4. The molecule has 1 aliphatic rings. The van der Waals surface area contributed by atoms with E-state index in [4.69, 9.17) is 48.2 Å². The largest absolute Gasteiger partial charge is 0.487 e. The molecule has 4 N–H and O–H groups in total. The summed E-state index contributed by atoms with van der Waals surface area (Å²) in [7, 11) is 0. The number of hydrogen-bond donors (Lipinski definition) is 3. The SMILES string of the molecule is CC[C@H]1CC[C@H](C(=O)N[C@@H](Cc2ccc(OCc3ccc(C(=O)O)cc3)c(N)c2)c2nc(-c3ccc(Cl)cc3Cl)co2)CC1. The number of benzene rings is 3. The number of nitrogens with one attached hydrogen (secondary N) is 1. The predicted octanol–water partition coefficient (Wildman–Crippen LogP) is 8.12. The first-order valence-corrected chi connectivity index (χ1v) is 15.5. The second kappa shape index (κ2) is 14.2. The molecule has 0 bridgehead atoms. The molecule has 1 atom stereocenters. The van der Waals surface area contributed by atoms with Crippen LogP contribution in [0.2, 0.25) is 10.0 Å². The monoisotopic (exact) mass is 635 g/mol. The molecular weight excluding hydrogens is 601 g/mol. The summed E-state index contributed by atoms with van der Waals surface area (Å²) in [4.78, 5) is 29.2. The van der Waals surface area contributed by atoms with Crippen molar-refractivity contribution in [2.75, 3.05) is 5.73 Å². The number of aromatic carboxylic acids is 1. The minimum atomic E-state index is -0.981. The van der Waals surface area contributed by atoms with Crippen LogP contribution in [0.25, 0.3) is 11.3 Å². The zero-order chi connectivity index (χ0) is 31.2. The number of carbonyl (C=O) groups excluding carboxylic acids is 1. The number of amides is 1. The molecule has 1 aromatic heterocycles. The Labute approximate surface area is 266 Å². The second-order valence-electron chi connectivity index (χ2n) is 11.2. The van der Waals surface area contributed by atoms with Crippen molar-refractivity contribution in [3.63, 3.8) is 0 Å². The third-order valence-corrected chi connectivity index (χ3v) is 8.80. The molecular formula is C34H35Cl2N3O5. The quantitative estimate of drug-likeness (QED) is 0.142. The lowest BCUT2D eigenvalue weighted by Crippen LogP contribution is -2.36. The Morgan fingerprint density at radius 1 is 1.05 bits per heavy atom. The molecule has 230 valence electrons. The first-order chi connectivity index (χ1) is 21.2. The second-order valence-corrected chi connectivity index (χ2v) is 12.1. The molecule has 10 heteroatoms. The molecule has 1 amide bonds. The van der Waals surface area contributed by atoms with E-state index in [2.05, 4.69) is 12.2 Å². The summed E-state index contributed by atoms with van der Waals surface area (Å²) in [5.41, 5.74) is 9.92. The Morgan fingerprint density at radius 3 is 2.43 bits per heavy atom. The molecule has 0 unspecified atom stereocenters. The van der Waals surface area contributed by atoms with Gasteiger partial charge in [-0.2, -0.15) is 0 Å². The van der Waals surface area contributed by atoms with Gasteiger partial charge in [0, 0.05) is 22.9 Å². The van der Waals surface area contributed by atoms with Crippen LogP contribution < -0.4 is 15.8 Å². The van der Waals surface area contributed by atoms with E-state index in [0.717, 1.165) is 43.2 Å². The highest BCUT2D eigenvalue weighted by molar-refractivity contribution is 6.36. The third-order valence-electron chi connectivity index (χ3n) is 8.25.